The van der Waals surface area contributed by atoms with Crippen LogP contribution in [0.2, 0.25) is 0 Å². The lowest BCUT2D eigenvalue weighted by molar-refractivity contribution is -0.179. The molecule has 0 saturated carbocycles. The Morgan fingerprint density at radius 1 is 1.47 bits per heavy atom. The Balaban J connectivity index is 1.79. The van der Waals surface area contributed by atoms with Gasteiger partial charge in [0.05, 0.1) is 12.2 Å². The van der Waals surface area contributed by atoms with E-state index in [1.54, 1.807) is 0 Å². The molecule has 1 saturated heterocycles. The SMILES string of the molecule is CCCCC1=C[C@H](OC2CCCCO2)C[C@@H]1O. The molecule has 17 heavy (non-hydrogen) atoms. The number of aliphatic hydroxyl groups is 1. The van der Waals surface area contributed by atoms with E-state index in [2.05, 4.69) is 13.0 Å². The van der Waals surface area contributed by atoms with Gasteiger partial charge in [0.25, 0.3) is 0 Å². The first kappa shape index (κ1) is 13.1. The van der Waals surface area contributed by atoms with Crippen LogP contribution < -0.4 is 0 Å². The lowest BCUT2D eigenvalue weighted by Gasteiger charge is -2.25. The van der Waals surface area contributed by atoms with E-state index in [9.17, 15) is 5.11 Å². The summed E-state index contributed by atoms with van der Waals surface area (Å²) in [4.78, 5) is 0. The Morgan fingerprint density at radius 3 is 3.06 bits per heavy atom. The lowest BCUT2D eigenvalue weighted by atomic mass is 10.1. The molecule has 1 aliphatic carbocycles. The molecule has 2 rings (SSSR count). The predicted octanol–water partition coefficient (Wildman–Crippen LogP) is 2.78. The van der Waals surface area contributed by atoms with Crippen molar-refractivity contribution in [3.8, 4) is 0 Å². The van der Waals surface area contributed by atoms with Gasteiger partial charge in [0.2, 0.25) is 0 Å². The molecule has 1 unspecified atom stereocenters. The zero-order chi connectivity index (χ0) is 12.1. The van der Waals surface area contributed by atoms with Crippen molar-refractivity contribution < 1.29 is 14.6 Å². The highest BCUT2D eigenvalue weighted by Crippen LogP contribution is 2.28. The van der Waals surface area contributed by atoms with E-state index in [1.165, 1.54) is 12.8 Å². The van der Waals surface area contributed by atoms with Crippen molar-refractivity contribution in [2.75, 3.05) is 6.61 Å². The Morgan fingerprint density at radius 2 is 2.35 bits per heavy atom. The van der Waals surface area contributed by atoms with Crippen LogP contribution in [0.5, 0.6) is 0 Å². The van der Waals surface area contributed by atoms with Crippen LogP contribution >= 0.6 is 0 Å². The topological polar surface area (TPSA) is 38.7 Å². The highest BCUT2D eigenvalue weighted by Gasteiger charge is 2.27. The second-order valence-corrected chi connectivity index (χ2v) is 5.07. The summed E-state index contributed by atoms with van der Waals surface area (Å²) in [6, 6.07) is 0. The van der Waals surface area contributed by atoms with Crippen molar-refractivity contribution >= 4 is 0 Å². The summed E-state index contributed by atoms with van der Waals surface area (Å²) in [5, 5.41) is 9.93. The fraction of sp³-hybridized carbons (Fsp3) is 0.857. The largest absolute Gasteiger partial charge is 0.389 e. The summed E-state index contributed by atoms with van der Waals surface area (Å²) in [5.41, 5.74) is 1.16. The molecule has 1 N–H and O–H groups in total. The maximum absolute atomic E-state index is 9.93. The zero-order valence-corrected chi connectivity index (χ0v) is 10.7. The number of hydrogen-bond acceptors (Lipinski definition) is 3. The molecule has 1 fully saturated rings. The normalized spacial score (nSPS) is 33.8. The summed E-state index contributed by atoms with van der Waals surface area (Å²) in [5.74, 6) is 0. The van der Waals surface area contributed by atoms with Gasteiger partial charge in [-0.2, -0.15) is 0 Å². The third kappa shape index (κ3) is 3.80. The average Bonchev–Trinajstić information content (AvgIpc) is 2.68. The minimum absolute atomic E-state index is 0.0530. The van der Waals surface area contributed by atoms with Gasteiger partial charge in [-0.3, -0.25) is 0 Å². The third-order valence-electron chi connectivity index (χ3n) is 3.57. The molecule has 0 bridgehead atoms. The molecule has 1 aliphatic heterocycles. The van der Waals surface area contributed by atoms with Gasteiger partial charge in [-0.05, 0) is 37.7 Å². The fourth-order valence-corrected chi connectivity index (χ4v) is 2.53. The Bertz CT molecular complexity index is 256. The van der Waals surface area contributed by atoms with Gasteiger partial charge >= 0.3 is 0 Å². The molecule has 0 amide bonds. The molecule has 1 heterocycles. The van der Waals surface area contributed by atoms with Crippen molar-refractivity contribution in [3.63, 3.8) is 0 Å². The Labute approximate surface area is 104 Å². The molecule has 0 spiro atoms. The highest BCUT2D eigenvalue weighted by atomic mass is 16.7. The summed E-state index contributed by atoms with van der Waals surface area (Å²) < 4.78 is 11.4. The monoisotopic (exact) mass is 240 g/mol. The second kappa shape index (κ2) is 6.53. The molecule has 0 aromatic heterocycles. The van der Waals surface area contributed by atoms with E-state index >= 15 is 0 Å². The zero-order valence-electron chi connectivity index (χ0n) is 10.7. The van der Waals surface area contributed by atoms with Crippen molar-refractivity contribution in [2.45, 2.75) is 70.4 Å². The van der Waals surface area contributed by atoms with Gasteiger partial charge in [0.15, 0.2) is 6.29 Å². The molecule has 98 valence electrons. The van der Waals surface area contributed by atoms with Crippen molar-refractivity contribution in [1.82, 2.24) is 0 Å². The molecule has 3 atom stereocenters. The Hall–Kier alpha value is -0.380. The van der Waals surface area contributed by atoms with Crippen LogP contribution in [-0.4, -0.2) is 30.2 Å². The van der Waals surface area contributed by atoms with Crippen molar-refractivity contribution in [1.29, 1.82) is 0 Å². The van der Waals surface area contributed by atoms with Gasteiger partial charge in [-0.25, -0.2) is 0 Å². The lowest BCUT2D eigenvalue weighted by Crippen LogP contribution is -2.26. The molecule has 0 aromatic rings. The second-order valence-electron chi connectivity index (χ2n) is 5.07. The van der Waals surface area contributed by atoms with Crippen LogP contribution in [-0.2, 0) is 9.47 Å². The highest BCUT2D eigenvalue weighted by molar-refractivity contribution is 5.18. The van der Waals surface area contributed by atoms with Gasteiger partial charge in [-0.15, -0.1) is 0 Å². The minimum Gasteiger partial charge on any atom is -0.389 e. The predicted molar refractivity (Wildman–Crippen MR) is 66.7 cm³/mol. The molecule has 2 aliphatic rings. The van der Waals surface area contributed by atoms with Crippen LogP contribution in [0.15, 0.2) is 11.6 Å². The third-order valence-corrected chi connectivity index (χ3v) is 3.57. The first-order valence-electron chi connectivity index (χ1n) is 6.95. The summed E-state index contributed by atoms with van der Waals surface area (Å²) in [6.07, 6.45) is 9.16. The number of aliphatic hydroxyl groups excluding tert-OH is 1. The fourth-order valence-electron chi connectivity index (χ4n) is 2.53. The van der Waals surface area contributed by atoms with E-state index in [1.807, 2.05) is 0 Å². The first-order chi connectivity index (χ1) is 8.29. The number of rotatable bonds is 5. The van der Waals surface area contributed by atoms with Crippen LogP contribution in [0, 0.1) is 0 Å². The maximum atomic E-state index is 9.93. The van der Waals surface area contributed by atoms with E-state index in [0.717, 1.165) is 37.9 Å². The standard InChI is InChI=1S/C14H24O3/c1-2-3-6-11-9-12(10-13(11)15)17-14-7-4-5-8-16-14/h9,12-15H,2-8,10H2,1H3/t12-,13-,14?/m0/s1. The molecule has 0 radical (unpaired) electrons. The summed E-state index contributed by atoms with van der Waals surface area (Å²) in [6.45, 7) is 2.98. The average molecular weight is 240 g/mol. The minimum atomic E-state index is -0.296. The first-order valence-corrected chi connectivity index (χ1v) is 6.95. The molecule has 0 aromatic carbocycles. The molecule has 3 nitrogen and oxygen atoms in total. The Kier molecular flexibility index (Phi) is 5.01. The van der Waals surface area contributed by atoms with Gasteiger partial charge in [0, 0.05) is 13.0 Å². The number of hydrogen-bond donors (Lipinski definition) is 1. The van der Waals surface area contributed by atoms with Crippen LogP contribution in [0.25, 0.3) is 0 Å². The molecular weight excluding hydrogens is 216 g/mol. The number of ether oxygens (including phenoxy) is 2. The van der Waals surface area contributed by atoms with E-state index < -0.39 is 0 Å². The summed E-state index contributed by atoms with van der Waals surface area (Å²) in [7, 11) is 0. The summed E-state index contributed by atoms with van der Waals surface area (Å²) >= 11 is 0. The van der Waals surface area contributed by atoms with Gasteiger partial charge in [-0.1, -0.05) is 19.4 Å². The smallest absolute Gasteiger partial charge is 0.158 e. The van der Waals surface area contributed by atoms with Crippen LogP contribution in [0.1, 0.15) is 51.9 Å². The molecule has 3 heteroatoms. The van der Waals surface area contributed by atoms with Gasteiger partial charge < -0.3 is 14.6 Å². The maximum Gasteiger partial charge on any atom is 0.158 e. The number of unbranched alkanes of at least 4 members (excludes halogenated alkanes) is 1. The quantitative estimate of drug-likeness (QED) is 0.751. The van der Waals surface area contributed by atoms with Crippen molar-refractivity contribution in [3.05, 3.63) is 11.6 Å². The van der Waals surface area contributed by atoms with Crippen LogP contribution in [0.4, 0.5) is 0 Å². The van der Waals surface area contributed by atoms with Gasteiger partial charge in [0.1, 0.15) is 0 Å². The van der Waals surface area contributed by atoms with E-state index in [0.29, 0.717) is 6.42 Å². The van der Waals surface area contributed by atoms with E-state index in [4.69, 9.17) is 9.47 Å². The van der Waals surface area contributed by atoms with Crippen LogP contribution in [0.3, 0.4) is 0 Å². The van der Waals surface area contributed by atoms with Crippen molar-refractivity contribution in [2.24, 2.45) is 0 Å². The van der Waals surface area contributed by atoms with E-state index in [-0.39, 0.29) is 18.5 Å². The molecular formula is C14H24O3.